The maximum atomic E-state index is 11.5. The second kappa shape index (κ2) is 5.20. The summed E-state index contributed by atoms with van der Waals surface area (Å²) in [7, 11) is 0. The van der Waals surface area contributed by atoms with Gasteiger partial charge in [-0.1, -0.05) is 31.9 Å². The van der Waals surface area contributed by atoms with E-state index >= 15 is 0 Å². The lowest BCUT2D eigenvalue weighted by molar-refractivity contribution is -0.129. The molecular weight excluding hydrogens is 388 g/mol. The molecule has 0 saturated carbocycles. The lowest BCUT2D eigenvalue weighted by atomic mass is 10.2. The molecular formula is C14H10Br2N2O2. The second-order valence-electron chi connectivity index (χ2n) is 4.44. The summed E-state index contributed by atoms with van der Waals surface area (Å²) in [4.78, 5) is 11.5. The van der Waals surface area contributed by atoms with Crippen molar-refractivity contribution >= 4 is 59.6 Å². The Kier molecular flexibility index (Phi) is 3.54. The summed E-state index contributed by atoms with van der Waals surface area (Å²) in [5.74, 6) is -0.449. The van der Waals surface area contributed by atoms with Gasteiger partial charge in [0.05, 0.1) is 0 Å². The Balaban J connectivity index is 2.37. The molecule has 4 nitrogen and oxygen atoms in total. The normalized spacial score (nSPS) is 11.2. The molecule has 0 saturated heterocycles. The van der Waals surface area contributed by atoms with E-state index in [-0.39, 0.29) is 6.54 Å². The van der Waals surface area contributed by atoms with Gasteiger partial charge in [0.1, 0.15) is 6.54 Å². The number of amides is 1. The van der Waals surface area contributed by atoms with Crippen molar-refractivity contribution in [2.75, 3.05) is 0 Å². The minimum atomic E-state index is -0.449. The van der Waals surface area contributed by atoms with Gasteiger partial charge in [0.2, 0.25) is 0 Å². The molecule has 0 fully saturated rings. The van der Waals surface area contributed by atoms with Crippen LogP contribution in [0.5, 0.6) is 0 Å². The SMILES string of the molecule is O=C(Cn1c2ccc(Br)cc2c2cc(Br)ccc21)NO. The molecule has 20 heavy (non-hydrogen) atoms. The van der Waals surface area contributed by atoms with Crippen LogP contribution in [0.2, 0.25) is 0 Å². The first-order valence-corrected chi connectivity index (χ1v) is 7.48. The average molecular weight is 398 g/mol. The van der Waals surface area contributed by atoms with Crippen molar-refractivity contribution in [3.05, 3.63) is 45.3 Å². The summed E-state index contributed by atoms with van der Waals surface area (Å²) in [5, 5.41) is 10.9. The largest absolute Gasteiger partial charge is 0.331 e. The Morgan fingerprint density at radius 3 is 2.00 bits per heavy atom. The lowest BCUT2D eigenvalue weighted by Crippen LogP contribution is -2.23. The number of hydroxylamine groups is 1. The van der Waals surface area contributed by atoms with Crippen molar-refractivity contribution in [3.8, 4) is 0 Å². The number of nitrogens with one attached hydrogen (secondary N) is 1. The van der Waals surface area contributed by atoms with Gasteiger partial charge < -0.3 is 4.57 Å². The van der Waals surface area contributed by atoms with E-state index in [1.165, 1.54) is 0 Å². The molecule has 2 aromatic carbocycles. The van der Waals surface area contributed by atoms with Crippen LogP contribution in [0.3, 0.4) is 0 Å². The molecule has 102 valence electrons. The van der Waals surface area contributed by atoms with Crippen molar-refractivity contribution in [3.63, 3.8) is 0 Å². The number of carbonyl (C=O) groups excluding carboxylic acids is 1. The van der Waals surface area contributed by atoms with Gasteiger partial charge in [-0.2, -0.15) is 0 Å². The van der Waals surface area contributed by atoms with Gasteiger partial charge >= 0.3 is 0 Å². The number of nitrogens with zero attached hydrogens (tertiary/aromatic N) is 1. The number of aromatic nitrogens is 1. The van der Waals surface area contributed by atoms with Crippen LogP contribution in [0.25, 0.3) is 21.8 Å². The zero-order valence-corrected chi connectivity index (χ0v) is 13.4. The quantitative estimate of drug-likeness (QED) is 0.510. The predicted molar refractivity (Wildman–Crippen MR) is 84.8 cm³/mol. The fraction of sp³-hybridized carbons (Fsp3) is 0.0714. The summed E-state index contributed by atoms with van der Waals surface area (Å²) in [6.45, 7) is 0.0692. The Hall–Kier alpha value is -1.37. The minimum Gasteiger partial charge on any atom is -0.331 e. The summed E-state index contributed by atoms with van der Waals surface area (Å²) in [5.41, 5.74) is 3.58. The van der Waals surface area contributed by atoms with Gasteiger partial charge in [-0.05, 0) is 36.4 Å². The fourth-order valence-electron chi connectivity index (χ4n) is 2.40. The Labute approximate surface area is 131 Å². The number of hydrogen-bond donors (Lipinski definition) is 2. The zero-order chi connectivity index (χ0) is 14.3. The van der Waals surface area contributed by atoms with Crippen LogP contribution in [0.15, 0.2) is 45.3 Å². The van der Waals surface area contributed by atoms with Crippen molar-refractivity contribution in [2.24, 2.45) is 0 Å². The highest BCUT2D eigenvalue weighted by Crippen LogP contribution is 2.32. The maximum absolute atomic E-state index is 11.5. The molecule has 0 aliphatic rings. The molecule has 3 aromatic rings. The van der Waals surface area contributed by atoms with Crippen molar-refractivity contribution in [1.82, 2.24) is 10.0 Å². The minimum absolute atomic E-state index is 0.0692. The number of rotatable bonds is 2. The van der Waals surface area contributed by atoms with E-state index in [1.54, 1.807) is 5.48 Å². The third-order valence-electron chi connectivity index (χ3n) is 3.22. The van der Waals surface area contributed by atoms with Crippen LogP contribution in [-0.4, -0.2) is 15.7 Å². The molecule has 0 unspecified atom stereocenters. The van der Waals surface area contributed by atoms with E-state index in [9.17, 15) is 4.79 Å². The summed E-state index contributed by atoms with van der Waals surface area (Å²) < 4.78 is 3.85. The molecule has 0 bridgehead atoms. The monoisotopic (exact) mass is 396 g/mol. The lowest BCUT2D eigenvalue weighted by Gasteiger charge is -2.05. The van der Waals surface area contributed by atoms with Crippen LogP contribution in [-0.2, 0) is 11.3 Å². The van der Waals surface area contributed by atoms with Crippen molar-refractivity contribution in [2.45, 2.75) is 6.54 Å². The third-order valence-corrected chi connectivity index (χ3v) is 4.20. The second-order valence-corrected chi connectivity index (χ2v) is 6.28. The van der Waals surface area contributed by atoms with Crippen LogP contribution >= 0.6 is 31.9 Å². The molecule has 1 amide bonds. The molecule has 1 aromatic heterocycles. The van der Waals surface area contributed by atoms with Crippen LogP contribution in [0.4, 0.5) is 0 Å². The molecule has 2 N–H and O–H groups in total. The van der Waals surface area contributed by atoms with E-state index in [1.807, 2.05) is 41.0 Å². The van der Waals surface area contributed by atoms with E-state index in [0.29, 0.717) is 0 Å². The maximum Gasteiger partial charge on any atom is 0.263 e. The highest BCUT2D eigenvalue weighted by molar-refractivity contribution is 9.10. The molecule has 0 atom stereocenters. The van der Waals surface area contributed by atoms with E-state index in [2.05, 4.69) is 31.9 Å². The molecule has 0 spiro atoms. The third kappa shape index (κ3) is 2.24. The summed E-state index contributed by atoms with van der Waals surface area (Å²) in [6.07, 6.45) is 0. The molecule has 6 heteroatoms. The van der Waals surface area contributed by atoms with Gasteiger partial charge in [0.15, 0.2) is 0 Å². The standard InChI is InChI=1S/C14H10Br2N2O2/c15-8-1-3-12-10(5-8)11-6-9(16)2-4-13(11)18(12)7-14(19)17-20/h1-6,20H,7H2,(H,17,19). The number of hydrogen-bond acceptors (Lipinski definition) is 2. The highest BCUT2D eigenvalue weighted by atomic mass is 79.9. The van der Waals surface area contributed by atoms with Gasteiger partial charge in [0.25, 0.3) is 5.91 Å². The number of fused-ring (bicyclic) bond motifs is 3. The Morgan fingerprint density at radius 2 is 1.55 bits per heavy atom. The van der Waals surface area contributed by atoms with E-state index in [4.69, 9.17) is 5.21 Å². The zero-order valence-electron chi connectivity index (χ0n) is 10.2. The van der Waals surface area contributed by atoms with Crippen LogP contribution in [0, 0.1) is 0 Å². The fourth-order valence-corrected chi connectivity index (χ4v) is 3.12. The van der Waals surface area contributed by atoms with Crippen LogP contribution < -0.4 is 5.48 Å². The predicted octanol–water partition coefficient (Wildman–Crippen LogP) is 3.82. The smallest absolute Gasteiger partial charge is 0.263 e. The van der Waals surface area contributed by atoms with Gasteiger partial charge in [-0.3, -0.25) is 10.0 Å². The molecule has 3 rings (SSSR count). The first kappa shape index (κ1) is 13.6. The van der Waals surface area contributed by atoms with Crippen molar-refractivity contribution in [1.29, 1.82) is 0 Å². The van der Waals surface area contributed by atoms with Crippen LogP contribution in [0.1, 0.15) is 0 Å². The molecule has 0 aliphatic heterocycles. The van der Waals surface area contributed by atoms with E-state index < -0.39 is 5.91 Å². The van der Waals surface area contributed by atoms with Crippen molar-refractivity contribution < 1.29 is 10.0 Å². The van der Waals surface area contributed by atoms with Gasteiger partial charge in [-0.25, -0.2) is 5.48 Å². The van der Waals surface area contributed by atoms with E-state index in [0.717, 1.165) is 30.8 Å². The average Bonchev–Trinajstić information content (AvgIpc) is 2.72. The Morgan fingerprint density at radius 1 is 1.05 bits per heavy atom. The molecule has 1 heterocycles. The topological polar surface area (TPSA) is 54.3 Å². The number of halogens is 2. The van der Waals surface area contributed by atoms with Gasteiger partial charge in [0, 0.05) is 30.8 Å². The number of carbonyl (C=O) groups is 1. The van der Waals surface area contributed by atoms with Gasteiger partial charge in [-0.15, -0.1) is 0 Å². The molecule has 0 radical (unpaired) electrons. The molecule has 0 aliphatic carbocycles. The summed E-state index contributed by atoms with van der Waals surface area (Å²) >= 11 is 6.94. The number of benzene rings is 2. The Bertz CT molecular complexity index is 768. The highest BCUT2D eigenvalue weighted by Gasteiger charge is 2.13. The first-order valence-electron chi connectivity index (χ1n) is 5.90. The summed E-state index contributed by atoms with van der Waals surface area (Å²) in [6, 6.07) is 11.8. The first-order chi connectivity index (χ1) is 9.60.